The molecule has 1 aromatic heterocycles. The number of nitrogens with one attached hydrogen (secondary N) is 2. The van der Waals surface area contributed by atoms with E-state index in [-0.39, 0.29) is 6.54 Å². The molecule has 112 valence electrons. The van der Waals surface area contributed by atoms with Crippen LogP contribution >= 0.6 is 0 Å². The Labute approximate surface area is 117 Å². The van der Waals surface area contributed by atoms with Crippen molar-refractivity contribution < 1.29 is 14.7 Å². The van der Waals surface area contributed by atoms with Crippen molar-refractivity contribution in [2.75, 3.05) is 0 Å². The SMILES string of the molecule is CCCC(C)(NC(=O)NCc1nncn1CC)C(=O)O. The molecule has 0 fully saturated rings. The fraction of sp³-hybridized carbons (Fsp3) is 0.667. The van der Waals surface area contributed by atoms with Crippen LogP contribution in [0.25, 0.3) is 0 Å². The summed E-state index contributed by atoms with van der Waals surface area (Å²) in [5, 5.41) is 21.9. The lowest BCUT2D eigenvalue weighted by molar-refractivity contribution is -0.144. The van der Waals surface area contributed by atoms with E-state index in [4.69, 9.17) is 0 Å². The summed E-state index contributed by atoms with van der Waals surface area (Å²) in [4.78, 5) is 23.0. The number of aryl methyl sites for hydroxylation is 1. The maximum absolute atomic E-state index is 11.8. The normalized spacial score (nSPS) is 13.6. The van der Waals surface area contributed by atoms with Crippen molar-refractivity contribution in [2.24, 2.45) is 0 Å². The van der Waals surface area contributed by atoms with Crippen LogP contribution in [0.2, 0.25) is 0 Å². The summed E-state index contributed by atoms with van der Waals surface area (Å²) in [6.07, 6.45) is 2.60. The maximum atomic E-state index is 11.8. The van der Waals surface area contributed by atoms with Crippen molar-refractivity contribution in [3.8, 4) is 0 Å². The number of carboxylic acids is 1. The van der Waals surface area contributed by atoms with Gasteiger partial charge in [0.05, 0.1) is 6.54 Å². The summed E-state index contributed by atoms with van der Waals surface area (Å²) < 4.78 is 1.79. The van der Waals surface area contributed by atoms with Gasteiger partial charge in [-0.15, -0.1) is 10.2 Å². The molecule has 8 nitrogen and oxygen atoms in total. The number of carboxylic acid groups (broad SMARTS) is 1. The predicted octanol–water partition coefficient (Wildman–Crippen LogP) is 0.741. The second kappa shape index (κ2) is 6.88. The first-order valence-corrected chi connectivity index (χ1v) is 6.59. The van der Waals surface area contributed by atoms with Gasteiger partial charge in [0, 0.05) is 6.54 Å². The zero-order chi connectivity index (χ0) is 15.2. The molecule has 0 aliphatic heterocycles. The number of hydrogen-bond acceptors (Lipinski definition) is 4. The van der Waals surface area contributed by atoms with Crippen LogP contribution in [-0.2, 0) is 17.9 Å². The Balaban J connectivity index is 2.57. The monoisotopic (exact) mass is 283 g/mol. The van der Waals surface area contributed by atoms with Gasteiger partial charge in [0.2, 0.25) is 0 Å². The minimum absolute atomic E-state index is 0.196. The van der Waals surface area contributed by atoms with Gasteiger partial charge < -0.3 is 20.3 Å². The average Bonchev–Trinajstić information content (AvgIpc) is 2.83. The Morgan fingerprint density at radius 3 is 2.70 bits per heavy atom. The van der Waals surface area contributed by atoms with Gasteiger partial charge >= 0.3 is 12.0 Å². The van der Waals surface area contributed by atoms with Crippen LogP contribution in [0, 0.1) is 0 Å². The zero-order valence-electron chi connectivity index (χ0n) is 12.0. The summed E-state index contributed by atoms with van der Waals surface area (Å²) in [5.74, 6) is -0.429. The summed E-state index contributed by atoms with van der Waals surface area (Å²) in [7, 11) is 0. The topological polar surface area (TPSA) is 109 Å². The molecule has 0 bridgehead atoms. The molecule has 0 spiro atoms. The van der Waals surface area contributed by atoms with Crippen molar-refractivity contribution in [3.05, 3.63) is 12.2 Å². The van der Waals surface area contributed by atoms with Crippen molar-refractivity contribution in [2.45, 2.75) is 52.2 Å². The molecule has 0 saturated heterocycles. The lowest BCUT2D eigenvalue weighted by atomic mass is 9.97. The first kappa shape index (κ1) is 15.9. The fourth-order valence-corrected chi connectivity index (χ4v) is 1.86. The minimum atomic E-state index is -1.27. The number of aromatic nitrogens is 3. The van der Waals surface area contributed by atoms with Crippen molar-refractivity contribution in [1.82, 2.24) is 25.4 Å². The minimum Gasteiger partial charge on any atom is -0.480 e. The van der Waals surface area contributed by atoms with Gasteiger partial charge in [-0.25, -0.2) is 9.59 Å². The number of carbonyl (C=O) groups is 2. The highest BCUT2D eigenvalue weighted by molar-refractivity contribution is 5.85. The largest absolute Gasteiger partial charge is 0.480 e. The quantitative estimate of drug-likeness (QED) is 0.684. The van der Waals surface area contributed by atoms with Gasteiger partial charge in [0.25, 0.3) is 0 Å². The van der Waals surface area contributed by atoms with Crippen LogP contribution in [0.15, 0.2) is 6.33 Å². The Morgan fingerprint density at radius 2 is 2.15 bits per heavy atom. The second-order valence-electron chi connectivity index (χ2n) is 4.73. The first-order valence-electron chi connectivity index (χ1n) is 6.59. The van der Waals surface area contributed by atoms with Crippen LogP contribution in [-0.4, -0.2) is 37.4 Å². The summed E-state index contributed by atoms with van der Waals surface area (Å²) in [6.45, 7) is 6.20. The molecule has 3 N–H and O–H groups in total. The van der Waals surface area contributed by atoms with Gasteiger partial charge in [-0.05, 0) is 20.3 Å². The Bertz CT molecular complexity index is 473. The Hall–Kier alpha value is -2.12. The molecule has 1 heterocycles. The highest BCUT2D eigenvalue weighted by atomic mass is 16.4. The van der Waals surface area contributed by atoms with Crippen molar-refractivity contribution >= 4 is 12.0 Å². The molecule has 1 unspecified atom stereocenters. The van der Waals surface area contributed by atoms with E-state index in [2.05, 4.69) is 20.8 Å². The molecule has 0 saturated carbocycles. The number of nitrogens with zero attached hydrogens (tertiary/aromatic N) is 3. The van der Waals surface area contributed by atoms with Crippen LogP contribution < -0.4 is 10.6 Å². The fourth-order valence-electron chi connectivity index (χ4n) is 1.86. The lowest BCUT2D eigenvalue weighted by Crippen LogP contribution is -2.55. The molecule has 1 atom stereocenters. The van der Waals surface area contributed by atoms with E-state index in [9.17, 15) is 14.7 Å². The molecule has 0 aliphatic rings. The average molecular weight is 283 g/mol. The summed E-state index contributed by atoms with van der Waals surface area (Å²) in [5.41, 5.74) is -1.27. The third-order valence-corrected chi connectivity index (χ3v) is 3.05. The Kier molecular flexibility index (Phi) is 5.48. The number of carbonyl (C=O) groups excluding carboxylic acids is 1. The Morgan fingerprint density at radius 1 is 1.45 bits per heavy atom. The van der Waals surface area contributed by atoms with E-state index >= 15 is 0 Å². The van der Waals surface area contributed by atoms with E-state index in [1.807, 2.05) is 13.8 Å². The standard InChI is InChI=1S/C12H21N5O3/c1-4-6-12(3,10(18)19)15-11(20)13-7-9-16-14-8-17(9)5-2/h8H,4-7H2,1-3H3,(H,18,19)(H2,13,15,20). The van der Waals surface area contributed by atoms with Crippen molar-refractivity contribution in [1.29, 1.82) is 0 Å². The van der Waals surface area contributed by atoms with Crippen molar-refractivity contribution in [3.63, 3.8) is 0 Å². The molecule has 0 radical (unpaired) electrons. The van der Waals surface area contributed by atoms with Crippen LogP contribution in [0.1, 0.15) is 39.4 Å². The molecule has 20 heavy (non-hydrogen) atoms. The molecule has 2 amide bonds. The summed E-state index contributed by atoms with van der Waals surface area (Å²) >= 11 is 0. The highest BCUT2D eigenvalue weighted by Crippen LogP contribution is 2.12. The first-order chi connectivity index (χ1) is 9.42. The molecule has 1 aromatic rings. The van der Waals surface area contributed by atoms with Crippen LogP contribution in [0.5, 0.6) is 0 Å². The molecule has 1 rings (SSSR count). The van der Waals surface area contributed by atoms with Gasteiger partial charge in [-0.2, -0.15) is 0 Å². The van der Waals surface area contributed by atoms with Gasteiger partial charge in [-0.1, -0.05) is 13.3 Å². The van der Waals surface area contributed by atoms with Gasteiger partial charge in [-0.3, -0.25) is 0 Å². The molecule has 0 aliphatic carbocycles. The number of urea groups is 1. The number of rotatable bonds is 7. The summed E-state index contributed by atoms with van der Waals surface area (Å²) in [6, 6.07) is -0.533. The van der Waals surface area contributed by atoms with Crippen LogP contribution in [0.3, 0.4) is 0 Å². The third-order valence-electron chi connectivity index (χ3n) is 3.05. The van der Waals surface area contributed by atoms with Gasteiger partial charge in [0.15, 0.2) is 5.82 Å². The number of amides is 2. The third kappa shape index (κ3) is 3.94. The molecule has 8 heteroatoms. The smallest absolute Gasteiger partial charge is 0.329 e. The predicted molar refractivity (Wildman–Crippen MR) is 72.0 cm³/mol. The molecular weight excluding hydrogens is 262 g/mol. The van der Waals surface area contributed by atoms with E-state index < -0.39 is 17.5 Å². The van der Waals surface area contributed by atoms with Crippen LogP contribution in [0.4, 0.5) is 4.79 Å². The van der Waals surface area contributed by atoms with E-state index in [0.29, 0.717) is 25.2 Å². The number of hydrogen-bond donors (Lipinski definition) is 3. The maximum Gasteiger partial charge on any atom is 0.329 e. The van der Waals surface area contributed by atoms with E-state index in [0.717, 1.165) is 0 Å². The van der Waals surface area contributed by atoms with Gasteiger partial charge in [0.1, 0.15) is 11.9 Å². The van der Waals surface area contributed by atoms with E-state index in [1.54, 1.807) is 10.9 Å². The highest BCUT2D eigenvalue weighted by Gasteiger charge is 2.33. The zero-order valence-corrected chi connectivity index (χ0v) is 12.0. The number of aliphatic carboxylic acids is 1. The lowest BCUT2D eigenvalue weighted by Gasteiger charge is -2.25. The molecular formula is C12H21N5O3. The van der Waals surface area contributed by atoms with E-state index in [1.165, 1.54) is 6.92 Å². The second-order valence-corrected chi connectivity index (χ2v) is 4.73. The molecule has 0 aromatic carbocycles.